The topological polar surface area (TPSA) is 92.4 Å². The highest BCUT2D eigenvalue weighted by molar-refractivity contribution is 7.88. The Kier molecular flexibility index (Phi) is 4.13. The Morgan fingerprint density at radius 3 is 2.59 bits per heavy atom. The van der Waals surface area contributed by atoms with Crippen LogP contribution in [-0.2, 0) is 15.8 Å². The summed E-state index contributed by atoms with van der Waals surface area (Å²) in [4.78, 5) is 0. The van der Waals surface area contributed by atoms with E-state index < -0.39 is 15.6 Å². The summed E-state index contributed by atoms with van der Waals surface area (Å²) in [5.74, 6) is -0.151. The van der Waals surface area contributed by atoms with Crippen molar-refractivity contribution in [2.24, 2.45) is 0 Å². The first kappa shape index (κ1) is 14.0. The largest absolute Gasteiger partial charge is 0.399 e. The average Bonchev–Trinajstić information content (AvgIpc) is 2.15. The second-order valence-electron chi connectivity index (χ2n) is 4.65. The van der Waals surface area contributed by atoms with E-state index in [4.69, 9.17) is 10.8 Å². The van der Waals surface area contributed by atoms with Crippen LogP contribution in [-0.4, -0.2) is 25.7 Å². The smallest absolute Gasteiger partial charge is 0.216 e. The van der Waals surface area contributed by atoms with Crippen LogP contribution >= 0.6 is 0 Å². The molecule has 0 atom stereocenters. The van der Waals surface area contributed by atoms with Gasteiger partial charge in [-0.25, -0.2) is 13.1 Å². The van der Waals surface area contributed by atoms with E-state index in [0.29, 0.717) is 11.3 Å². The fraction of sp³-hybridized carbons (Fsp3) is 0.455. The third-order valence-electron chi connectivity index (χ3n) is 2.13. The quantitative estimate of drug-likeness (QED) is 0.669. The molecule has 1 aromatic carbocycles. The molecule has 4 N–H and O–H groups in total. The van der Waals surface area contributed by atoms with E-state index in [1.54, 1.807) is 38.1 Å². The summed E-state index contributed by atoms with van der Waals surface area (Å²) in [6, 6.07) is 6.71. The van der Waals surface area contributed by atoms with Crippen LogP contribution in [0.4, 0.5) is 5.69 Å². The molecule has 0 aliphatic heterocycles. The molecule has 17 heavy (non-hydrogen) atoms. The zero-order valence-corrected chi connectivity index (χ0v) is 10.8. The molecule has 1 aromatic rings. The molecule has 0 unspecified atom stereocenters. The van der Waals surface area contributed by atoms with Crippen LogP contribution in [0.1, 0.15) is 19.4 Å². The standard InChI is InChI=1S/C11H18N2O3S/c1-11(2,8-14)13-17(15,16)7-9-4-3-5-10(12)6-9/h3-6,13-14H,7-8,12H2,1-2H3. The number of nitrogens with two attached hydrogens (primary N) is 1. The van der Waals surface area contributed by atoms with Gasteiger partial charge in [0, 0.05) is 5.69 Å². The third-order valence-corrected chi connectivity index (χ3v) is 3.71. The van der Waals surface area contributed by atoms with Gasteiger partial charge in [0.25, 0.3) is 0 Å². The first-order valence-electron chi connectivity index (χ1n) is 5.21. The lowest BCUT2D eigenvalue weighted by Gasteiger charge is -2.23. The maximum absolute atomic E-state index is 11.8. The second-order valence-corrected chi connectivity index (χ2v) is 6.37. The highest BCUT2D eigenvalue weighted by atomic mass is 32.2. The van der Waals surface area contributed by atoms with Crippen LogP contribution in [0.3, 0.4) is 0 Å². The summed E-state index contributed by atoms with van der Waals surface area (Å²) in [5.41, 5.74) is 5.86. The van der Waals surface area contributed by atoms with Crippen molar-refractivity contribution in [1.82, 2.24) is 4.72 Å². The highest BCUT2D eigenvalue weighted by Crippen LogP contribution is 2.12. The van der Waals surface area contributed by atoms with E-state index >= 15 is 0 Å². The van der Waals surface area contributed by atoms with Gasteiger partial charge in [-0.3, -0.25) is 0 Å². The molecule has 0 spiro atoms. The number of hydrogen-bond acceptors (Lipinski definition) is 4. The molecule has 0 radical (unpaired) electrons. The van der Waals surface area contributed by atoms with Crippen molar-refractivity contribution in [2.75, 3.05) is 12.3 Å². The molecule has 0 bridgehead atoms. The van der Waals surface area contributed by atoms with E-state index in [1.165, 1.54) is 0 Å². The summed E-state index contributed by atoms with van der Waals surface area (Å²) in [5, 5.41) is 9.02. The zero-order chi connectivity index (χ0) is 13.1. The maximum Gasteiger partial charge on any atom is 0.216 e. The van der Waals surface area contributed by atoms with E-state index in [0.717, 1.165) is 0 Å². The lowest BCUT2D eigenvalue weighted by Crippen LogP contribution is -2.46. The Hall–Kier alpha value is -1.11. The number of nitrogen functional groups attached to an aromatic ring is 1. The molecule has 0 amide bonds. The first-order chi connectivity index (χ1) is 7.74. The maximum atomic E-state index is 11.8. The van der Waals surface area contributed by atoms with Crippen molar-refractivity contribution in [2.45, 2.75) is 25.1 Å². The van der Waals surface area contributed by atoms with Crippen LogP contribution in [0.5, 0.6) is 0 Å². The van der Waals surface area contributed by atoms with Crippen molar-refractivity contribution in [1.29, 1.82) is 0 Å². The number of anilines is 1. The Balaban J connectivity index is 2.81. The molecule has 6 heteroatoms. The Morgan fingerprint density at radius 1 is 1.41 bits per heavy atom. The molecule has 0 aromatic heterocycles. The van der Waals surface area contributed by atoms with Gasteiger partial charge in [0.1, 0.15) is 0 Å². The molecule has 0 heterocycles. The fourth-order valence-electron chi connectivity index (χ4n) is 1.39. The van der Waals surface area contributed by atoms with Gasteiger partial charge in [-0.1, -0.05) is 12.1 Å². The number of aliphatic hydroxyl groups is 1. The summed E-state index contributed by atoms with van der Waals surface area (Å²) < 4.78 is 26.1. The van der Waals surface area contributed by atoms with Crippen molar-refractivity contribution >= 4 is 15.7 Å². The normalized spacial score (nSPS) is 12.6. The van der Waals surface area contributed by atoms with Crippen LogP contribution in [0.15, 0.2) is 24.3 Å². The van der Waals surface area contributed by atoms with E-state index in [9.17, 15) is 8.42 Å². The van der Waals surface area contributed by atoms with Gasteiger partial charge in [-0.15, -0.1) is 0 Å². The van der Waals surface area contributed by atoms with Gasteiger partial charge in [0.2, 0.25) is 10.0 Å². The van der Waals surface area contributed by atoms with Gasteiger partial charge >= 0.3 is 0 Å². The van der Waals surface area contributed by atoms with Crippen molar-refractivity contribution in [3.05, 3.63) is 29.8 Å². The molecular formula is C11H18N2O3S. The van der Waals surface area contributed by atoms with Crippen molar-refractivity contribution in [3.8, 4) is 0 Å². The van der Waals surface area contributed by atoms with Crippen LogP contribution in [0.25, 0.3) is 0 Å². The lowest BCUT2D eigenvalue weighted by atomic mass is 10.1. The monoisotopic (exact) mass is 258 g/mol. The number of benzene rings is 1. The van der Waals surface area contributed by atoms with Gasteiger partial charge in [-0.2, -0.15) is 0 Å². The summed E-state index contributed by atoms with van der Waals surface area (Å²) >= 11 is 0. The predicted octanol–water partition coefficient (Wildman–Crippen LogP) is 0.459. The van der Waals surface area contributed by atoms with E-state index in [1.807, 2.05) is 0 Å². The minimum absolute atomic E-state index is 0.151. The van der Waals surface area contributed by atoms with Gasteiger partial charge in [-0.05, 0) is 31.5 Å². The average molecular weight is 258 g/mol. The van der Waals surface area contributed by atoms with Crippen molar-refractivity contribution in [3.63, 3.8) is 0 Å². The van der Waals surface area contributed by atoms with Gasteiger partial charge in [0.15, 0.2) is 0 Å². The molecule has 0 saturated heterocycles. The molecule has 1 rings (SSSR count). The first-order valence-corrected chi connectivity index (χ1v) is 6.86. The molecule has 0 aliphatic rings. The van der Waals surface area contributed by atoms with Crippen LogP contribution in [0, 0.1) is 0 Å². The summed E-state index contributed by atoms with van der Waals surface area (Å²) in [6.07, 6.45) is 0. The number of nitrogens with one attached hydrogen (secondary N) is 1. The Morgan fingerprint density at radius 2 is 2.06 bits per heavy atom. The Bertz CT molecular complexity index is 483. The summed E-state index contributed by atoms with van der Waals surface area (Å²) in [7, 11) is -3.49. The highest BCUT2D eigenvalue weighted by Gasteiger charge is 2.24. The molecule has 0 fully saturated rings. The van der Waals surface area contributed by atoms with Gasteiger partial charge < -0.3 is 10.8 Å². The minimum atomic E-state index is -3.49. The minimum Gasteiger partial charge on any atom is -0.399 e. The molecular weight excluding hydrogens is 240 g/mol. The number of hydrogen-bond donors (Lipinski definition) is 3. The van der Waals surface area contributed by atoms with Crippen molar-refractivity contribution < 1.29 is 13.5 Å². The fourth-order valence-corrected chi connectivity index (χ4v) is 2.99. The second kappa shape index (κ2) is 5.03. The van der Waals surface area contributed by atoms with Crippen LogP contribution < -0.4 is 10.5 Å². The van der Waals surface area contributed by atoms with E-state index in [2.05, 4.69) is 4.72 Å². The number of rotatable bonds is 5. The lowest BCUT2D eigenvalue weighted by molar-refractivity contribution is 0.208. The SMILES string of the molecule is CC(C)(CO)NS(=O)(=O)Cc1cccc(N)c1. The van der Waals surface area contributed by atoms with Gasteiger partial charge in [0.05, 0.1) is 17.9 Å². The number of sulfonamides is 1. The van der Waals surface area contributed by atoms with E-state index in [-0.39, 0.29) is 12.4 Å². The Labute approximate surface area is 102 Å². The molecule has 0 saturated carbocycles. The van der Waals surface area contributed by atoms with Crippen LogP contribution in [0.2, 0.25) is 0 Å². The zero-order valence-electron chi connectivity index (χ0n) is 9.97. The molecule has 0 aliphatic carbocycles. The third kappa shape index (κ3) is 4.72. The molecule has 96 valence electrons. The summed E-state index contributed by atoms with van der Waals surface area (Å²) in [6.45, 7) is 2.97. The number of aliphatic hydroxyl groups excluding tert-OH is 1. The molecule has 5 nitrogen and oxygen atoms in total. The predicted molar refractivity (Wildman–Crippen MR) is 67.8 cm³/mol.